The van der Waals surface area contributed by atoms with E-state index in [-0.39, 0.29) is 17.9 Å². The Morgan fingerprint density at radius 1 is 1.05 bits per heavy atom. The molecule has 0 spiro atoms. The smallest absolute Gasteiger partial charge is 0.418 e. The molecule has 1 aromatic carbocycles. The van der Waals surface area contributed by atoms with Gasteiger partial charge in [-0.2, -0.15) is 4.98 Å². The first-order chi connectivity index (χ1) is 20.3. The lowest BCUT2D eigenvalue weighted by Gasteiger charge is -2.21. The van der Waals surface area contributed by atoms with Crippen molar-refractivity contribution in [3.8, 4) is 11.6 Å². The molecule has 42 heavy (non-hydrogen) atoms. The standard InChI is InChI=1S/C29H30N6O6S/c1-17-9-10-23(30-13-17)22-11-20(22)15-39-26-12-25(31-18(2)32-26)35(14-27-34-33-19(3)42-27)29(37)41-16-40-28(36)21-7-5-6-8-24(21)38-4/h5-10,12-13,20,22H,11,14-16H2,1-4H3/t20-,22+/m1/s1. The molecule has 218 valence electrons. The van der Waals surface area contributed by atoms with E-state index in [0.717, 1.165) is 22.7 Å². The molecule has 1 fully saturated rings. The minimum Gasteiger partial charge on any atom is -0.496 e. The van der Waals surface area contributed by atoms with Gasteiger partial charge in [0.2, 0.25) is 12.7 Å². The van der Waals surface area contributed by atoms with Crippen LogP contribution in [0, 0.1) is 26.7 Å². The topological polar surface area (TPSA) is 139 Å². The molecule has 0 aliphatic heterocycles. The van der Waals surface area contributed by atoms with Gasteiger partial charge in [0.1, 0.15) is 33.0 Å². The van der Waals surface area contributed by atoms with Gasteiger partial charge >= 0.3 is 12.1 Å². The van der Waals surface area contributed by atoms with Gasteiger partial charge in [-0.1, -0.05) is 29.5 Å². The van der Waals surface area contributed by atoms with Crippen LogP contribution in [-0.2, 0) is 16.0 Å². The second-order valence-corrected chi connectivity index (χ2v) is 11.0. The quantitative estimate of drug-likeness (QED) is 0.176. The number of anilines is 1. The number of amides is 1. The third kappa shape index (κ3) is 7.16. The van der Waals surface area contributed by atoms with E-state index in [1.807, 2.05) is 20.0 Å². The monoisotopic (exact) mass is 590 g/mol. The van der Waals surface area contributed by atoms with Crippen LogP contribution in [-0.4, -0.2) is 57.7 Å². The Morgan fingerprint density at radius 3 is 2.62 bits per heavy atom. The molecule has 0 radical (unpaired) electrons. The summed E-state index contributed by atoms with van der Waals surface area (Å²) in [7, 11) is 1.45. The molecule has 0 unspecified atom stereocenters. The van der Waals surface area contributed by atoms with E-state index < -0.39 is 18.9 Å². The van der Waals surface area contributed by atoms with Crippen molar-refractivity contribution in [3.63, 3.8) is 0 Å². The SMILES string of the molecule is COc1ccccc1C(=O)OCOC(=O)N(Cc1nnc(C)s1)c1cc(OC[C@H]2C[C@@H]2c2ccc(C)cn2)nc(C)n1. The third-order valence-corrected chi connectivity index (χ3v) is 7.36. The molecular formula is C29H30N6O6S. The Labute approximate surface area is 246 Å². The molecule has 3 aromatic heterocycles. The molecule has 1 aliphatic carbocycles. The van der Waals surface area contributed by atoms with Crippen LogP contribution in [0.15, 0.2) is 48.7 Å². The zero-order valence-corrected chi connectivity index (χ0v) is 24.5. The van der Waals surface area contributed by atoms with Crippen molar-refractivity contribution < 1.29 is 28.5 Å². The number of carbonyl (C=O) groups is 2. The number of aryl methyl sites for hydroxylation is 3. The number of methoxy groups -OCH3 is 1. The van der Waals surface area contributed by atoms with E-state index in [0.29, 0.717) is 40.9 Å². The fourth-order valence-corrected chi connectivity index (χ4v) is 5.00. The fraction of sp³-hybridized carbons (Fsp3) is 0.345. The number of rotatable bonds is 11. The van der Waals surface area contributed by atoms with Crippen molar-refractivity contribution in [2.45, 2.75) is 39.7 Å². The van der Waals surface area contributed by atoms with E-state index in [1.54, 1.807) is 37.3 Å². The molecule has 4 aromatic rings. The average molecular weight is 591 g/mol. The van der Waals surface area contributed by atoms with Gasteiger partial charge < -0.3 is 18.9 Å². The number of esters is 1. The van der Waals surface area contributed by atoms with E-state index in [1.165, 1.54) is 23.3 Å². The molecule has 1 amide bonds. The highest BCUT2D eigenvalue weighted by atomic mass is 32.1. The van der Waals surface area contributed by atoms with E-state index >= 15 is 0 Å². The van der Waals surface area contributed by atoms with Crippen LogP contribution in [0.2, 0.25) is 0 Å². The highest BCUT2D eigenvalue weighted by Crippen LogP contribution is 2.46. The molecule has 1 saturated carbocycles. The second-order valence-electron chi connectivity index (χ2n) is 9.75. The predicted octanol–water partition coefficient (Wildman–Crippen LogP) is 4.80. The minimum atomic E-state index is -0.799. The van der Waals surface area contributed by atoms with Crippen LogP contribution >= 0.6 is 11.3 Å². The van der Waals surface area contributed by atoms with E-state index in [4.69, 9.17) is 18.9 Å². The van der Waals surface area contributed by atoms with Gasteiger partial charge in [-0.25, -0.2) is 14.6 Å². The summed E-state index contributed by atoms with van der Waals surface area (Å²) >= 11 is 1.34. The molecule has 5 rings (SSSR count). The van der Waals surface area contributed by atoms with Crippen LogP contribution in [0.4, 0.5) is 10.6 Å². The van der Waals surface area contributed by atoms with E-state index in [2.05, 4.69) is 37.3 Å². The number of nitrogens with zero attached hydrogens (tertiary/aromatic N) is 6. The van der Waals surface area contributed by atoms with Gasteiger partial charge in [0.05, 0.1) is 20.3 Å². The average Bonchev–Trinajstić information content (AvgIpc) is 3.65. The number of benzene rings is 1. The van der Waals surface area contributed by atoms with Gasteiger partial charge in [-0.3, -0.25) is 9.88 Å². The Hall–Kier alpha value is -4.65. The fourth-order valence-electron chi connectivity index (χ4n) is 4.30. The first kappa shape index (κ1) is 28.9. The van der Waals surface area contributed by atoms with Crippen molar-refractivity contribution in [2.24, 2.45) is 5.92 Å². The second kappa shape index (κ2) is 12.9. The van der Waals surface area contributed by atoms with Gasteiger partial charge in [0.25, 0.3) is 0 Å². The van der Waals surface area contributed by atoms with Gasteiger partial charge in [-0.15, -0.1) is 10.2 Å². The Balaban J connectivity index is 1.26. The molecule has 0 saturated heterocycles. The zero-order chi connectivity index (χ0) is 29.6. The van der Waals surface area contributed by atoms with Crippen LogP contribution in [0.5, 0.6) is 11.6 Å². The van der Waals surface area contributed by atoms with Crippen molar-refractivity contribution >= 4 is 29.2 Å². The minimum absolute atomic E-state index is 0.0322. The third-order valence-electron chi connectivity index (χ3n) is 6.54. The van der Waals surface area contributed by atoms with Crippen molar-refractivity contribution in [3.05, 3.63) is 81.3 Å². The van der Waals surface area contributed by atoms with Gasteiger partial charge in [0.15, 0.2) is 0 Å². The molecule has 0 N–H and O–H groups in total. The molecule has 0 bridgehead atoms. The van der Waals surface area contributed by atoms with Crippen molar-refractivity contribution in [2.75, 3.05) is 25.4 Å². The summed E-state index contributed by atoms with van der Waals surface area (Å²) in [5.41, 5.74) is 2.39. The number of aromatic nitrogens is 5. The maximum atomic E-state index is 13.3. The molecular weight excluding hydrogens is 560 g/mol. The number of hydrogen-bond acceptors (Lipinski definition) is 12. The molecule has 13 heteroatoms. The van der Waals surface area contributed by atoms with E-state index in [9.17, 15) is 9.59 Å². The number of hydrogen-bond donors (Lipinski definition) is 0. The lowest BCUT2D eigenvalue weighted by atomic mass is 10.2. The lowest BCUT2D eigenvalue weighted by Crippen LogP contribution is -2.33. The van der Waals surface area contributed by atoms with Crippen LogP contribution < -0.4 is 14.4 Å². The summed E-state index contributed by atoms with van der Waals surface area (Å²) in [5, 5.41) is 9.47. The molecule has 1 aliphatic rings. The highest BCUT2D eigenvalue weighted by Gasteiger charge is 2.40. The van der Waals surface area contributed by atoms with Crippen LogP contribution in [0.1, 0.15) is 49.8 Å². The molecule has 12 nitrogen and oxygen atoms in total. The largest absolute Gasteiger partial charge is 0.496 e. The lowest BCUT2D eigenvalue weighted by molar-refractivity contribution is -0.000928. The Kier molecular flexibility index (Phi) is 8.86. The first-order valence-electron chi connectivity index (χ1n) is 13.2. The first-order valence-corrected chi connectivity index (χ1v) is 14.1. The maximum absolute atomic E-state index is 13.3. The van der Waals surface area contributed by atoms with Gasteiger partial charge in [-0.05, 0) is 51.0 Å². The summed E-state index contributed by atoms with van der Waals surface area (Å²) in [6.45, 7) is 5.41. The van der Waals surface area contributed by atoms with Crippen LogP contribution in [0.25, 0.3) is 0 Å². The van der Waals surface area contributed by atoms with Crippen molar-refractivity contribution in [1.29, 1.82) is 0 Å². The maximum Gasteiger partial charge on any atom is 0.418 e. The Morgan fingerprint density at radius 2 is 1.88 bits per heavy atom. The summed E-state index contributed by atoms with van der Waals surface area (Å²) in [6.07, 6.45) is 2.06. The highest BCUT2D eigenvalue weighted by molar-refractivity contribution is 7.11. The molecule has 3 heterocycles. The summed E-state index contributed by atoms with van der Waals surface area (Å²) < 4.78 is 21.7. The molecule has 2 atom stereocenters. The van der Waals surface area contributed by atoms with Crippen molar-refractivity contribution in [1.82, 2.24) is 25.1 Å². The zero-order valence-electron chi connectivity index (χ0n) is 23.6. The number of carbonyl (C=O) groups excluding carboxylic acids is 2. The number of ether oxygens (including phenoxy) is 4. The normalized spacial score (nSPS) is 15.5. The Bertz CT molecular complexity index is 1560. The summed E-state index contributed by atoms with van der Waals surface area (Å²) in [5.74, 6) is 1.30. The predicted molar refractivity (Wildman–Crippen MR) is 153 cm³/mol. The number of pyridine rings is 1. The summed E-state index contributed by atoms with van der Waals surface area (Å²) in [4.78, 5) is 40.4. The number of para-hydroxylation sites is 1. The van der Waals surface area contributed by atoms with Gasteiger partial charge in [0, 0.05) is 29.8 Å². The van der Waals surface area contributed by atoms with Crippen LogP contribution in [0.3, 0.4) is 0 Å². The summed E-state index contributed by atoms with van der Waals surface area (Å²) in [6, 6.07) is 12.3.